The molecule has 9 heteroatoms. The van der Waals surface area contributed by atoms with Crippen LogP contribution in [0.15, 0.2) is 35.3 Å². The van der Waals surface area contributed by atoms with Gasteiger partial charge >= 0.3 is 5.97 Å². The number of hydrogen-bond acceptors (Lipinski definition) is 7. The maximum Gasteiger partial charge on any atom is 0.341 e. The second kappa shape index (κ2) is 8.00. The lowest BCUT2D eigenvalue weighted by Crippen LogP contribution is -2.15. The zero-order valence-electron chi connectivity index (χ0n) is 16.6. The molecule has 4 aromatic rings. The van der Waals surface area contributed by atoms with Crippen LogP contribution in [0.4, 0.5) is 5.00 Å². The highest BCUT2D eigenvalue weighted by Gasteiger charge is 2.24. The van der Waals surface area contributed by atoms with Crippen molar-refractivity contribution >= 4 is 55.4 Å². The SMILES string of the molecule is CCOC(=O)c1c(NC(=O)c2cc3c(=O)n4ccccc4nc3s2)sc(C)c1CC. The first-order valence-corrected chi connectivity index (χ1v) is 11.1. The van der Waals surface area contributed by atoms with Crippen molar-refractivity contribution in [3.8, 4) is 0 Å². The fourth-order valence-corrected chi connectivity index (χ4v) is 5.39. The van der Waals surface area contributed by atoms with E-state index in [1.807, 2.05) is 13.8 Å². The van der Waals surface area contributed by atoms with Gasteiger partial charge in [-0.1, -0.05) is 13.0 Å². The molecule has 0 fully saturated rings. The monoisotopic (exact) mass is 441 g/mol. The molecule has 0 saturated heterocycles. The van der Waals surface area contributed by atoms with Crippen molar-refractivity contribution in [3.05, 3.63) is 61.7 Å². The average Bonchev–Trinajstić information content (AvgIpc) is 3.29. The number of carbonyl (C=O) groups is 2. The van der Waals surface area contributed by atoms with Crippen molar-refractivity contribution in [2.24, 2.45) is 0 Å². The van der Waals surface area contributed by atoms with E-state index in [1.165, 1.54) is 15.7 Å². The average molecular weight is 442 g/mol. The largest absolute Gasteiger partial charge is 0.462 e. The summed E-state index contributed by atoms with van der Waals surface area (Å²) in [5.74, 6) is -0.836. The predicted octanol–water partition coefficient (Wildman–Crippen LogP) is 4.27. The number of thiophene rings is 2. The Kier molecular flexibility index (Phi) is 5.40. The Bertz CT molecular complexity index is 1350. The van der Waals surface area contributed by atoms with Crippen molar-refractivity contribution in [1.82, 2.24) is 9.38 Å². The Hall–Kier alpha value is -3.04. The van der Waals surface area contributed by atoms with Crippen LogP contribution in [0.2, 0.25) is 0 Å². The fraction of sp³-hybridized carbons (Fsp3) is 0.238. The number of aromatic nitrogens is 2. The summed E-state index contributed by atoms with van der Waals surface area (Å²) >= 11 is 2.49. The van der Waals surface area contributed by atoms with E-state index < -0.39 is 5.97 Å². The zero-order valence-corrected chi connectivity index (χ0v) is 18.3. The molecule has 4 heterocycles. The number of fused-ring (bicyclic) bond motifs is 2. The number of ether oxygens (including phenoxy) is 1. The van der Waals surface area contributed by atoms with Gasteiger partial charge in [-0.05, 0) is 44.0 Å². The molecule has 0 spiro atoms. The van der Waals surface area contributed by atoms with E-state index in [-0.39, 0.29) is 18.1 Å². The third-order valence-electron chi connectivity index (χ3n) is 4.71. The van der Waals surface area contributed by atoms with Gasteiger partial charge in [0.2, 0.25) is 0 Å². The zero-order chi connectivity index (χ0) is 21.4. The molecule has 0 atom stereocenters. The van der Waals surface area contributed by atoms with Gasteiger partial charge < -0.3 is 10.1 Å². The van der Waals surface area contributed by atoms with Crippen LogP contribution >= 0.6 is 22.7 Å². The van der Waals surface area contributed by atoms with E-state index >= 15 is 0 Å². The van der Waals surface area contributed by atoms with Gasteiger partial charge in [0, 0.05) is 11.1 Å². The Morgan fingerprint density at radius 3 is 2.77 bits per heavy atom. The topological polar surface area (TPSA) is 89.8 Å². The van der Waals surface area contributed by atoms with Crippen LogP contribution in [0.1, 0.15) is 44.3 Å². The second-order valence-electron chi connectivity index (χ2n) is 6.54. The highest BCUT2D eigenvalue weighted by atomic mass is 32.1. The number of carbonyl (C=O) groups excluding carboxylic acids is 2. The molecule has 4 aromatic heterocycles. The highest BCUT2D eigenvalue weighted by Crippen LogP contribution is 2.35. The molecule has 30 heavy (non-hydrogen) atoms. The Balaban J connectivity index is 1.73. The summed E-state index contributed by atoms with van der Waals surface area (Å²) in [5, 5.41) is 3.68. The van der Waals surface area contributed by atoms with Crippen LogP contribution in [0.5, 0.6) is 0 Å². The fourth-order valence-electron chi connectivity index (χ4n) is 3.34. The minimum absolute atomic E-state index is 0.224. The number of nitrogens with one attached hydrogen (secondary N) is 1. The molecule has 0 unspecified atom stereocenters. The third kappa shape index (κ3) is 3.40. The number of amides is 1. The molecular weight excluding hydrogens is 422 g/mol. The van der Waals surface area contributed by atoms with Gasteiger partial charge in [0.25, 0.3) is 11.5 Å². The number of pyridine rings is 1. The molecule has 0 aromatic carbocycles. The van der Waals surface area contributed by atoms with Gasteiger partial charge in [0.05, 0.1) is 22.4 Å². The normalized spacial score (nSPS) is 11.2. The molecule has 0 saturated carbocycles. The molecule has 1 amide bonds. The van der Waals surface area contributed by atoms with E-state index in [0.29, 0.717) is 37.7 Å². The third-order valence-corrected chi connectivity index (χ3v) is 6.80. The molecule has 1 N–H and O–H groups in total. The molecule has 7 nitrogen and oxygen atoms in total. The van der Waals surface area contributed by atoms with E-state index in [2.05, 4.69) is 10.3 Å². The van der Waals surface area contributed by atoms with Gasteiger partial charge in [-0.2, -0.15) is 0 Å². The first-order valence-electron chi connectivity index (χ1n) is 9.46. The van der Waals surface area contributed by atoms with Crippen LogP contribution in [0.25, 0.3) is 15.9 Å². The maximum absolute atomic E-state index is 12.9. The first-order chi connectivity index (χ1) is 14.4. The lowest BCUT2D eigenvalue weighted by atomic mass is 10.1. The summed E-state index contributed by atoms with van der Waals surface area (Å²) in [6.07, 6.45) is 2.30. The van der Waals surface area contributed by atoms with Crippen molar-refractivity contribution in [1.29, 1.82) is 0 Å². The van der Waals surface area contributed by atoms with Gasteiger partial charge in [-0.15, -0.1) is 22.7 Å². The number of rotatable bonds is 5. The smallest absolute Gasteiger partial charge is 0.341 e. The highest BCUT2D eigenvalue weighted by molar-refractivity contribution is 7.20. The Morgan fingerprint density at radius 2 is 2.03 bits per heavy atom. The lowest BCUT2D eigenvalue weighted by molar-refractivity contribution is 0.0527. The van der Waals surface area contributed by atoms with E-state index in [4.69, 9.17) is 4.74 Å². The Morgan fingerprint density at radius 1 is 1.23 bits per heavy atom. The van der Waals surface area contributed by atoms with E-state index in [1.54, 1.807) is 37.4 Å². The second-order valence-corrected chi connectivity index (χ2v) is 8.80. The number of anilines is 1. The standard InChI is InChI=1S/C21H19N3O4S2/c1-4-12-11(3)29-19(16(12)21(27)28-5-2)23-17(25)14-10-13-18(30-14)22-15-8-6-7-9-24(15)20(13)26/h6-10H,4-5H2,1-3H3,(H,23,25). The summed E-state index contributed by atoms with van der Waals surface area (Å²) in [6, 6.07) is 6.85. The molecular formula is C21H19N3O4S2. The quantitative estimate of drug-likeness (QED) is 0.467. The number of esters is 1. The number of hydrogen-bond donors (Lipinski definition) is 1. The molecule has 0 aliphatic rings. The van der Waals surface area contributed by atoms with Crippen molar-refractivity contribution in [3.63, 3.8) is 0 Å². The van der Waals surface area contributed by atoms with Gasteiger partial charge in [-0.3, -0.25) is 14.0 Å². The van der Waals surface area contributed by atoms with E-state index in [9.17, 15) is 14.4 Å². The van der Waals surface area contributed by atoms with Gasteiger partial charge in [0.1, 0.15) is 15.5 Å². The van der Waals surface area contributed by atoms with Crippen LogP contribution in [0, 0.1) is 6.92 Å². The predicted molar refractivity (Wildman–Crippen MR) is 119 cm³/mol. The lowest BCUT2D eigenvalue weighted by Gasteiger charge is -2.07. The van der Waals surface area contributed by atoms with Crippen molar-refractivity contribution in [2.75, 3.05) is 11.9 Å². The van der Waals surface area contributed by atoms with Crippen molar-refractivity contribution in [2.45, 2.75) is 27.2 Å². The first kappa shape index (κ1) is 20.2. The van der Waals surface area contributed by atoms with Gasteiger partial charge in [-0.25, -0.2) is 9.78 Å². The van der Waals surface area contributed by atoms with E-state index in [0.717, 1.165) is 21.8 Å². The molecule has 0 radical (unpaired) electrons. The summed E-state index contributed by atoms with van der Waals surface area (Å²) in [7, 11) is 0. The van der Waals surface area contributed by atoms with Crippen LogP contribution in [0.3, 0.4) is 0 Å². The van der Waals surface area contributed by atoms with Crippen LogP contribution < -0.4 is 10.9 Å². The summed E-state index contributed by atoms with van der Waals surface area (Å²) in [5.41, 5.74) is 1.57. The maximum atomic E-state index is 12.9. The summed E-state index contributed by atoms with van der Waals surface area (Å²) in [6.45, 7) is 5.87. The molecule has 0 bridgehead atoms. The molecule has 0 aliphatic carbocycles. The van der Waals surface area contributed by atoms with Crippen molar-refractivity contribution < 1.29 is 14.3 Å². The van der Waals surface area contributed by atoms with Crippen LogP contribution in [-0.4, -0.2) is 27.9 Å². The summed E-state index contributed by atoms with van der Waals surface area (Å²) in [4.78, 5) is 44.4. The summed E-state index contributed by atoms with van der Waals surface area (Å²) < 4.78 is 6.63. The molecule has 4 rings (SSSR count). The van der Waals surface area contributed by atoms with Gasteiger partial charge in [0.15, 0.2) is 0 Å². The van der Waals surface area contributed by atoms with Crippen LogP contribution in [-0.2, 0) is 11.2 Å². The minimum Gasteiger partial charge on any atom is -0.462 e. The minimum atomic E-state index is -0.448. The Labute approximate surface area is 180 Å². The number of aryl methyl sites for hydroxylation is 1. The molecule has 0 aliphatic heterocycles. The number of nitrogens with zero attached hydrogens (tertiary/aromatic N) is 2. The molecule has 154 valence electrons.